The number of aryl methyl sites for hydroxylation is 1. The molecule has 8 nitrogen and oxygen atoms in total. The van der Waals surface area contributed by atoms with E-state index in [9.17, 15) is 9.59 Å². The third-order valence-electron chi connectivity index (χ3n) is 6.81. The van der Waals surface area contributed by atoms with Crippen molar-refractivity contribution < 1.29 is 23.2 Å². The van der Waals surface area contributed by atoms with Crippen molar-refractivity contribution in [2.24, 2.45) is 0 Å². The number of hydrogen-bond acceptors (Lipinski definition) is 6. The molecule has 3 heterocycles. The van der Waals surface area contributed by atoms with Gasteiger partial charge < -0.3 is 23.4 Å². The molecule has 4 aromatic rings. The molecule has 0 N–H and O–H groups in total. The van der Waals surface area contributed by atoms with Gasteiger partial charge >= 0.3 is 0 Å². The second-order valence-corrected chi connectivity index (χ2v) is 9.52. The number of amides is 2. The Kier molecular flexibility index (Phi) is 7.31. The molecule has 0 saturated carbocycles. The Morgan fingerprint density at radius 1 is 1.13 bits per heavy atom. The third-order valence-corrected chi connectivity index (χ3v) is 6.81. The van der Waals surface area contributed by atoms with Crippen LogP contribution in [0.2, 0.25) is 0 Å². The van der Waals surface area contributed by atoms with E-state index in [0.717, 1.165) is 17.5 Å². The Labute approximate surface area is 221 Å². The predicted molar refractivity (Wildman–Crippen MR) is 141 cm³/mol. The summed E-state index contributed by atoms with van der Waals surface area (Å²) in [5.74, 6) is 1.49. The van der Waals surface area contributed by atoms with Gasteiger partial charge in [-0.15, -0.1) is 0 Å². The maximum atomic E-state index is 12.9. The number of benzene rings is 2. The van der Waals surface area contributed by atoms with E-state index >= 15 is 0 Å². The number of fused-ring (bicyclic) bond motifs is 1. The fraction of sp³-hybridized carbons (Fsp3) is 0.300. The number of hydrogen-bond donors (Lipinski definition) is 0. The van der Waals surface area contributed by atoms with Crippen molar-refractivity contribution in [1.82, 2.24) is 14.8 Å². The Morgan fingerprint density at radius 2 is 1.95 bits per heavy atom. The molecule has 8 heteroatoms. The van der Waals surface area contributed by atoms with E-state index < -0.39 is 0 Å². The summed E-state index contributed by atoms with van der Waals surface area (Å²) >= 11 is 0. The average Bonchev–Trinajstić information content (AvgIpc) is 3.63. The normalized spacial score (nSPS) is 14.7. The van der Waals surface area contributed by atoms with Crippen molar-refractivity contribution in [3.8, 4) is 5.75 Å². The number of aromatic nitrogens is 1. The lowest BCUT2D eigenvalue weighted by Gasteiger charge is -2.38. The highest BCUT2D eigenvalue weighted by Crippen LogP contribution is 2.37. The number of rotatable bonds is 8. The standard InChI is InChI=1S/C30H31N3O5/c1-4-28(34)33-14-13-21-11-12-23(16-25(21)29(33)22-9-7-20(2)8-10-22)37-19-27-31-26(18-38-27)30(35)32(3)17-24-6-5-15-36-24/h5-12,15-16,18,29H,4,13-14,17,19H2,1-3H3/t29-/m1/s1. The summed E-state index contributed by atoms with van der Waals surface area (Å²) in [5.41, 5.74) is 4.71. The summed E-state index contributed by atoms with van der Waals surface area (Å²) in [6.45, 7) is 5.03. The van der Waals surface area contributed by atoms with Crippen LogP contribution < -0.4 is 4.74 Å². The van der Waals surface area contributed by atoms with Crippen LogP contribution in [0.5, 0.6) is 5.75 Å². The van der Waals surface area contributed by atoms with Gasteiger partial charge in [-0.1, -0.05) is 42.8 Å². The summed E-state index contributed by atoms with van der Waals surface area (Å²) in [4.78, 5) is 33.4. The molecule has 1 atom stereocenters. The molecule has 2 amide bonds. The van der Waals surface area contributed by atoms with Gasteiger partial charge in [0.2, 0.25) is 11.8 Å². The van der Waals surface area contributed by atoms with E-state index in [-0.39, 0.29) is 30.2 Å². The fourth-order valence-electron chi connectivity index (χ4n) is 4.79. The molecule has 0 saturated heterocycles. The smallest absolute Gasteiger partial charge is 0.275 e. The van der Waals surface area contributed by atoms with Gasteiger partial charge in [-0.25, -0.2) is 4.98 Å². The van der Waals surface area contributed by atoms with Crippen molar-refractivity contribution in [1.29, 1.82) is 0 Å². The van der Waals surface area contributed by atoms with Gasteiger partial charge in [0.1, 0.15) is 17.8 Å². The molecule has 0 bridgehead atoms. The first-order chi connectivity index (χ1) is 18.4. The lowest BCUT2D eigenvalue weighted by Crippen LogP contribution is -2.40. The maximum Gasteiger partial charge on any atom is 0.275 e. The van der Waals surface area contributed by atoms with Gasteiger partial charge in [-0.05, 0) is 54.3 Å². The van der Waals surface area contributed by atoms with Crippen LogP contribution in [-0.2, 0) is 24.4 Å². The van der Waals surface area contributed by atoms with E-state index in [0.29, 0.717) is 36.9 Å². The number of oxazole rings is 1. The van der Waals surface area contributed by atoms with E-state index in [2.05, 4.69) is 42.2 Å². The monoisotopic (exact) mass is 513 g/mol. The molecule has 2 aromatic carbocycles. The lowest BCUT2D eigenvalue weighted by atomic mass is 9.87. The highest BCUT2D eigenvalue weighted by molar-refractivity contribution is 5.91. The first-order valence-electron chi connectivity index (χ1n) is 12.8. The second-order valence-electron chi connectivity index (χ2n) is 9.52. The van der Waals surface area contributed by atoms with Crippen molar-refractivity contribution in [3.05, 3.63) is 107 Å². The molecule has 0 spiro atoms. The summed E-state index contributed by atoms with van der Waals surface area (Å²) in [6, 6.07) is 17.7. The van der Waals surface area contributed by atoms with Crippen molar-refractivity contribution in [2.45, 2.75) is 45.9 Å². The van der Waals surface area contributed by atoms with Gasteiger partial charge in [0.05, 0.1) is 18.8 Å². The van der Waals surface area contributed by atoms with E-state index in [4.69, 9.17) is 13.6 Å². The maximum absolute atomic E-state index is 12.9. The molecule has 2 aromatic heterocycles. The van der Waals surface area contributed by atoms with Crippen LogP contribution in [0, 0.1) is 6.92 Å². The molecule has 0 radical (unpaired) electrons. The van der Waals surface area contributed by atoms with Crippen molar-refractivity contribution >= 4 is 11.8 Å². The van der Waals surface area contributed by atoms with Gasteiger partial charge in [0.15, 0.2) is 12.3 Å². The van der Waals surface area contributed by atoms with Gasteiger partial charge in [-0.2, -0.15) is 0 Å². The predicted octanol–water partition coefficient (Wildman–Crippen LogP) is 5.31. The molecular formula is C30H31N3O5. The second kappa shape index (κ2) is 11.0. The number of furan rings is 1. The zero-order valence-electron chi connectivity index (χ0n) is 21.8. The Morgan fingerprint density at radius 3 is 2.68 bits per heavy atom. The molecule has 0 unspecified atom stereocenters. The van der Waals surface area contributed by atoms with Crippen LogP contribution >= 0.6 is 0 Å². The first kappa shape index (κ1) is 25.3. The van der Waals surface area contributed by atoms with E-state index in [1.807, 2.05) is 30.0 Å². The molecular weight excluding hydrogens is 482 g/mol. The Bertz CT molecular complexity index is 1410. The van der Waals surface area contributed by atoms with Gasteiger partial charge in [-0.3, -0.25) is 9.59 Å². The highest BCUT2D eigenvalue weighted by atomic mass is 16.5. The molecule has 196 valence electrons. The summed E-state index contributed by atoms with van der Waals surface area (Å²) in [7, 11) is 1.68. The zero-order chi connectivity index (χ0) is 26.6. The van der Waals surface area contributed by atoms with E-state index in [1.165, 1.54) is 22.3 Å². The topological polar surface area (TPSA) is 89.0 Å². The number of carbonyl (C=O) groups excluding carboxylic acids is 2. The van der Waals surface area contributed by atoms with Crippen LogP contribution in [0.3, 0.4) is 0 Å². The van der Waals surface area contributed by atoms with Crippen LogP contribution in [0.4, 0.5) is 0 Å². The molecule has 0 aliphatic carbocycles. The minimum absolute atomic E-state index is 0.0702. The van der Waals surface area contributed by atoms with Gasteiger partial charge in [0, 0.05) is 20.0 Å². The van der Waals surface area contributed by atoms with Crippen LogP contribution in [-0.4, -0.2) is 40.2 Å². The Hall–Kier alpha value is -4.33. The zero-order valence-corrected chi connectivity index (χ0v) is 21.8. The molecule has 5 rings (SSSR count). The number of nitrogens with zero attached hydrogens (tertiary/aromatic N) is 3. The summed E-state index contributed by atoms with van der Waals surface area (Å²) in [6.07, 6.45) is 4.16. The third kappa shape index (κ3) is 5.34. The minimum atomic E-state index is -0.271. The summed E-state index contributed by atoms with van der Waals surface area (Å²) in [5, 5.41) is 0. The highest BCUT2D eigenvalue weighted by Gasteiger charge is 2.31. The molecule has 38 heavy (non-hydrogen) atoms. The number of ether oxygens (including phenoxy) is 1. The van der Waals surface area contributed by atoms with Crippen LogP contribution in [0.15, 0.2) is 76.0 Å². The van der Waals surface area contributed by atoms with Crippen LogP contribution in [0.1, 0.15) is 63.8 Å². The van der Waals surface area contributed by atoms with Crippen molar-refractivity contribution in [3.63, 3.8) is 0 Å². The summed E-state index contributed by atoms with van der Waals surface area (Å²) < 4.78 is 16.8. The van der Waals surface area contributed by atoms with E-state index in [1.54, 1.807) is 19.4 Å². The van der Waals surface area contributed by atoms with Crippen molar-refractivity contribution in [2.75, 3.05) is 13.6 Å². The quantitative estimate of drug-likeness (QED) is 0.317. The largest absolute Gasteiger partial charge is 0.484 e. The molecule has 1 aliphatic rings. The Balaban J connectivity index is 1.32. The minimum Gasteiger partial charge on any atom is -0.484 e. The SMILES string of the molecule is CCC(=O)N1CCc2ccc(OCc3nc(C(=O)N(C)Cc4ccco4)co3)cc2[C@H]1c1ccc(C)cc1. The first-order valence-corrected chi connectivity index (χ1v) is 12.8. The average molecular weight is 514 g/mol. The van der Waals surface area contributed by atoms with Gasteiger partial charge in [0.25, 0.3) is 5.91 Å². The lowest BCUT2D eigenvalue weighted by molar-refractivity contribution is -0.132. The number of carbonyl (C=O) groups is 2. The molecule has 1 aliphatic heterocycles. The molecule has 0 fully saturated rings. The fourth-order valence-corrected chi connectivity index (χ4v) is 4.79. The van der Waals surface area contributed by atoms with Crippen LogP contribution in [0.25, 0.3) is 0 Å².